The monoisotopic (exact) mass is 376 g/mol. The van der Waals surface area contributed by atoms with Crippen LogP contribution >= 0.6 is 0 Å². The molecule has 6 heteroatoms. The van der Waals surface area contributed by atoms with Crippen LogP contribution in [0.4, 0.5) is 11.4 Å². The van der Waals surface area contributed by atoms with Gasteiger partial charge in [-0.25, -0.2) is 0 Å². The molecule has 0 amide bonds. The first-order valence-corrected chi connectivity index (χ1v) is 8.87. The minimum absolute atomic E-state index is 0.00160. The summed E-state index contributed by atoms with van der Waals surface area (Å²) in [5.74, 6) is -0.457. The fourth-order valence-corrected chi connectivity index (χ4v) is 2.85. The highest BCUT2D eigenvalue weighted by molar-refractivity contribution is 5.76. The highest BCUT2D eigenvalue weighted by Crippen LogP contribution is 2.29. The van der Waals surface area contributed by atoms with Gasteiger partial charge in [-0.2, -0.15) is 0 Å². The summed E-state index contributed by atoms with van der Waals surface area (Å²) >= 11 is 0. The first-order valence-electron chi connectivity index (χ1n) is 8.87. The Morgan fingerprint density at radius 2 is 1.50 bits per heavy atom. The van der Waals surface area contributed by atoms with Crippen molar-refractivity contribution in [3.05, 3.63) is 101 Å². The molecule has 0 fully saturated rings. The van der Waals surface area contributed by atoms with Crippen molar-refractivity contribution >= 4 is 17.3 Å². The Morgan fingerprint density at radius 3 is 2.07 bits per heavy atom. The highest BCUT2D eigenvalue weighted by atomic mass is 16.6. The van der Waals surface area contributed by atoms with Gasteiger partial charge in [0.15, 0.2) is 0 Å². The van der Waals surface area contributed by atoms with Crippen LogP contribution in [0.5, 0.6) is 5.75 Å². The Kier molecular flexibility index (Phi) is 6.01. The number of nitrogens with zero attached hydrogens (tertiary/aromatic N) is 1. The van der Waals surface area contributed by atoms with E-state index in [0.29, 0.717) is 5.75 Å². The van der Waals surface area contributed by atoms with Gasteiger partial charge in [0.2, 0.25) is 0 Å². The Morgan fingerprint density at radius 1 is 0.929 bits per heavy atom. The first-order chi connectivity index (χ1) is 13.5. The van der Waals surface area contributed by atoms with E-state index in [1.807, 2.05) is 36.4 Å². The van der Waals surface area contributed by atoms with Gasteiger partial charge in [-0.3, -0.25) is 14.9 Å². The number of non-ortho nitro benzene ring substituents is 1. The summed E-state index contributed by atoms with van der Waals surface area (Å²) < 4.78 is 5.49. The van der Waals surface area contributed by atoms with Gasteiger partial charge in [0.1, 0.15) is 5.75 Å². The maximum Gasteiger partial charge on any atom is 0.316 e. The molecule has 1 N–H and O–H groups in total. The largest absolute Gasteiger partial charge is 0.426 e. The van der Waals surface area contributed by atoms with E-state index in [9.17, 15) is 14.9 Å². The number of hydrogen-bond donors (Lipinski definition) is 1. The maximum atomic E-state index is 12.7. The molecule has 2 atom stereocenters. The van der Waals surface area contributed by atoms with E-state index >= 15 is 0 Å². The number of anilines is 1. The van der Waals surface area contributed by atoms with Crippen molar-refractivity contribution in [2.24, 2.45) is 5.92 Å². The molecular weight excluding hydrogens is 356 g/mol. The number of nitrogens with one attached hydrogen (secondary N) is 1. The van der Waals surface area contributed by atoms with Gasteiger partial charge >= 0.3 is 5.97 Å². The molecule has 3 rings (SSSR count). The molecule has 0 heterocycles. The third-order valence-electron chi connectivity index (χ3n) is 4.39. The first kappa shape index (κ1) is 19.1. The zero-order chi connectivity index (χ0) is 19.9. The predicted octanol–water partition coefficient (Wildman–Crippen LogP) is 4.99. The van der Waals surface area contributed by atoms with Crippen molar-refractivity contribution in [3.63, 3.8) is 0 Å². The van der Waals surface area contributed by atoms with Gasteiger partial charge in [-0.05, 0) is 36.8 Å². The number of esters is 1. The summed E-state index contributed by atoms with van der Waals surface area (Å²) in [5, 5.41) is 14.3. The molecule has 0 aliphatic carbocycles. The van der Waals surface area contributed by atoms with Crippen LogP contribution in [0, 0.1) is 16.0 Å². The van der Waals surface area contributed by atoms with E-state index in [-0.39, 0.29) is 5.69 Å². The summed E-state index contributed by atoms with van der Waals surface area (Å²) in [4.78, 5) is 23.2. The molecule has 0 aliphatic rings. The van der Waals surface area contributed by atoms with Crippen LogP contribution in [-0.2, 0) is 4.79 Å². The van der Waals surface area contributed by atoms with E-state index in [2.05, 4.69) is 5.32 Å². The molecule has 0 unspecified atom stereocenters. The molecule has 0 saturated heterocycles. The van der Waals surface area contributed by atoms with E-state index < -0.39 is 22.9 Å². The van der Waals surface area contributed by atoms with E-state index in [1.54, 1.807) is 43.3 Å². The second-order valence-corrected chi connectivity index (χ2v) is 6.36. The minimum atomic E-state index is -0.540. The number of benzene rings is 3. The quantitative estimate of drug-likeness (QED) is 0.272. The minimum Gasteiger partial charge on any atom is -0.426 e. The summed E-state index contributed by atoms with van der Waals surface area (Å²) in [6.07, 6.45) is 0. The average molecular weight is 376 g/mol. The maximum absolute atomic E-state index is 12.7. The number of ether oxygens (including phenoxy) is 1. The van der Waals surface area contributed by atoms with Crippen LogP contribution in [-0.4, -0.2) is 10.9 Å². The number of hydrogen-bond acceptors (Lipinski definition) is 5. The highest BCUT2D eigenvalue weighted by Gasteiger charge is 2.28. The number of nitro groups is 1. The fraction of sp³-hybridized carbons (Fsp3) is 0.136. The average Bonchev–Trinajstić information content (AvgIpc) is 2.73. The molecule has 142 valence electrons. The fourth-order valence-electron chi connectivity index (χ4n) is 2.85. The van der Waals surface area contributed by atoms with E-state index in [1.165, 1.54) is 12.1 Å². The molecule has 3 aromatic carbocycles. The van der Waals surface area contributed by atoms with Crippen LogP contribution < -0.4 is 10.1 Å². The number of carbonyl (C=O) groups is 1. The second-order valence-electron chi connectivity index (χ2n) is 6.36. The Balaban J connectivity index is 1.86. The zero-order valence-electron chi connectivity index (χ0n) is 15.3. The van der Waals surface area contributed by atoms with Crippen LogP contribution in [0.2, 0.25) is 0 Å². The van der Waals surface area contributed by atoms with Gasteiger partial charge in [0.25, 0.3) is 5.69 Å². The standard InChI is InChI=1S/C22H20N2O4/c1-16(22(25)28-20-10-6-3-7-11-20)21(23-18-8-4-2-5-9-18)17-12-14-19(15-13-17)24(26)27/h2-16,21,23H,1H3/t16-,21-/m0/s1. The molecule has 0 radical (unpaired) electrons. The van der Waals surface area contributed by atoms with E-state index in [4.69, 9.17) is 4.74 Å². The van der Waals surface area contributed by atoms with Crippen LogP contribution in [0.25, 0.3) is 0 Å². The SMILES string of the molecule is C[C@H](C(=O)Oc1ccccc1)[C@H](Nc1ccccc1)c1ccc([N+](=O)[O-])cc1. The van der Waals surface area contributed by atoms with Crippen molar-refractivity contribution in [2.75, 3.05) is 5.32 Å². The van der Waals surface area contributed by atoms with E-state index in [0.717, 1.165) is 11.3 Å². The number of nitro benzene ring substituents is 1. The molecule has 3 aromatic rings. The third-order valence-corrected chi connectivity index (χ3v) is 4.39. The van der Waals surface area contributed by atoms with Crippen LogP contribution in [0.1, 0.15) is 18.5 Å². The van der Waals surface area contributed by atoms with Gasteiger partial charge in [-0.1, -0.05) is 48.5 Å². The molecule has 0 spiro atoms. The Labute approximate surface area is 162 Å². The Hall–Kier alpha value is -3.67. The molecule has 0 aliphatic heterocycles. The lowest BCUT2D eigenvalue weighted by atomic mass is 9.94. The lowest BCUT2D eigenvalue weighted by Crippen LogP contribution is -2.28. The predicted molar refractivity (Wildman–Crippen MR) is 107 cm³/mol. The number of para-hydroxylation sites is 2. The summed E-state index contributed by atoms with van der Waals surface area (Å²) in [6.45, 7) is 1.77. The molecule has 28 heavy (non-hydrogen) atoms. The van der Waals surface area contributed by atoms with Crippen LogP contribution in [0.3, 0.4) is 0 Å². The lowest BCUT2D eigenvalue weighted by Gasteiger charge is -2.25. The molecule has 0 aromatic heterocycles. The third kappa shape index (κ3) is 4.73. The number of carbonyl (C=O) groups excluding carboxylic acids is 1. The normalized spacial score (nSPS) is 12.6. The van der Waals surface area contributed by atoms with Gasteiger partial charge in [0, 0.05) is 17.8 Å². The summed E-state index contributed by atoms with van der Waals surface area (Å²) in [6, 6.07) is 24.1. The van der Waals surface area contributed by atoms with Crippen LogP contribution in [0.15, 0.2) is 84.9 Å². The van der Waals surface area contributed by atoms with Crippen molar-refractivity contribution in [1.29, 1.82) is 0 Å². The smallest absolute Gasteiger partial charge is 0.316 e. The van der Waals surface area contributed by atoms with Gasteiger partial charge in [-0.15, -0.1) is 0 Å². The summed E-state index contributed by atoms with van der Waals surface area (Å²) in [7, 11) is 0. The molecular formula is C22H20N2O4. The lowest BCUT2D eigenvalue weighted by molar-refractivity contribution is -0.384. The number of rotatable bonds is 7. The van der Waals surface area contributed by atoms with Crippen molar-refractivity contribution in [2.45, 2.75) is 13.0 Å². The van der Waals surface area contributed by atoms with Gasteiger partial charge < -0.3 is 10.1 Å². The van der Waals surface area contributed by atoms with Gasteiger partial charge in [0.05, 0.1) is 16.9 Å². The second kappa shape index (κ2) is 8.81. The molecule has 0 bridgehead atoms. The zero-order valence-corrected chi connectivity index (χ0v) is 15.3. The summed E-state index contributed by atoms with van der Waals surface area (Å²) in [5.41, 5.74) is 1.60. The van der Waals surface area contributed by atoms with Crippen molar-refractivity contribution in [1.82, 2.24) is 0 Å². The molecule has 6 nitrogen and oxygen atoms in total. The topological polar surface area (TPSA) is 81.5 Å². The van der Waals surface area contributed by atoms with Crippen molar-refractivity contribution < 1.29 is 14.5 Å². The Bertz CT molecular complexity index is 928. The molecule has 0 saturated carbocycles. The van der Waals surface area contributed by atoms with Crippen molar-refractivity contribution in [3.8, 4) is 5.75 Å².